The van der Waals surface area contributed by atoms with Gasteiger partial charge < -0.3 is 15.0 Å². The third-order valence-corrected chi connectivity index (χ3v) is 6.32. The molecule has 1 N–H and O–H groups in total. The Kier molecular flexibility index (Phi) is 7.58. The molecule has 4 rings (SSSR count). The number of carbonyl (C=O) groups is 2. The number of benzene rings is 3. The van der Waals surface area contributed by atoms with Crippen LogP contribution in [0.2, 0.25) is 0 Å². The van der Waals surface area contributed by atoms with E-state index in [0.29, 0.717) is 38.0 Å². The lowest BCUT2D eigenvalue weighted by Crippen LogP contribution is -2.48. The highest BCUT2D eigenvalue weighted by atomic mass is 19.1. The Morgan fingerprint density at radius 1 is 1.00 bits per heavy atom. The zero-order valence-corrected chi connectivity index (χ0v) is 19.2. The lowest BCUT2D eigenvalue weighted by Gasteiger charge is -2.37. The van der Waals surface area contributed by atoms with E-state index in [2.05, 4.69) is 5.32 Å². The van der Waals surface area contributed by atoms with Gasteiger partial charge in [-0.3, -0.25) is 9.59 Å². The Morgan fingerprint density at radius 2 is 1.76 bits per heavy atom. The number of ether oxygens (including phenoxy) is 1. The van der Waals surface area contributed by atoms with Crippen LogP contribution in [0.3, 0.4) is 0 Å². The van der Waals surface area contributed by atoms with Crippen molar-refractivity contribution in [3.05, 3.63) is 101 Å². The summed E-state index contributed by atoms with van der Waals surface area (Å²) >= 11 is 0. The van der Waals surface area contributed by atoms with Gasteiger partial charge >= 0.3 is 0 Å². The van der Waals surface area contributed by atoms with Gasteiger partial charge in [-0.2, -0.15) is 0 Å². The summed E-state index contributed by atoms with van der Waals surface area (Å²) in [6.45, 7) is 1.32. The average molecular weight is 461 g/mol. The summed E-state index contributed by atoms with van der Waals surface area (Å²) in [6, 6.07) is 23.4. The highest BCUT2D eigenvalue weighted by Gasteiger charge is 2.34. The Bertz CT molecular complexity index is 1120. The molecule has 1 fully saturated rings. The Morgan fingerprint density at radius 3 is 2.47 bits per heavy atom. The maximum Gasteiger partial charge on any atom is 0.253 e. The maximum absolute atomic E-state index is 13.7. The standard InChI is InChI=1S/C28H29FN2O3/c1-34-26-12-10-20(11-13-26)14-15-30-27(32)24-16-23(21-6-3-2-4-7-21)18-31(19-24)28(33)22-8-5-9-25(29)17-22/h2-13,17,23-24H,14-16,18-19H2,1H3,(H,30,32)/t23-,24+/m1/s1. The molecule has 0 aromatic heterocycles. The molecule has 1 saturated heterocycles. The van der Waals surface area contributed by atoms with Gasteiger partial charge in [-0.15, -0.1) is 0 Å². The van der Waals surface area contributed by atoms with Crippen LogP contribution in [0.25, 0.3) is 0 Å². The summed E-state index contributed by atoms with van der Waals surface area (Å²) in [5.74, 6) is -0.278. The number of halogens is 1. The zero-order chi connectivity index (χ0) is 23.9. The third kappa shape index (κ3) is 5.81. The summed E-state index contributed by atoms with van der Waals surface area (Å²) in [5, 5.41) is 3.04. The Labute approximate surface area is 199 Å². The number of piperidine rings is 1. The molecule has 2 amide bonds. The molecule has 6 heteroatoms. The first kappa shape index (κ1) is 23.5. The van der Waals surface area contributed by atoms with Crippen molar-refractivity contribution < 1.29 is 18.7 Å². The molecule has 0 saturated carbocycles. The van der Waals surface area contributed by atoms with E-state index in [1.807, 2.05) is 54.6 Å². The molecule has 0 bridgehead atoms. The van der Waals surface area contributed by atoms with Crippen molar-refractivity contribution >= 4 is 11.8 Å². The number of likely N-dealkylation sites (tertiary alicyclic amines) is 1. The first-order valence-corrected chi connectivity index (χ1v) is 11.5. The van der Waals surface area contributed by atoms with E-state index in [-0.39, 0.29) is 23.7 Å². The summed E-state index contributed by atoms with van der Waals surface area (Å²) in [7, 11) is 1.63. The predicted octanol–water partition coefficient (Wildman–Crippen LogP) is 4.44. The topological polar surface area (TPSA) is 58.6 Å². The summed E-state index contributed by atoms with van der Waals surface area (Å²) in [4.78, 5) is 27.9. The fourth-order valence-corrected chi connectivity index (χ4v) is 4.49. The average Bonchev–Trinajstić information content (AvgIpc) is 2.89. The van der Waals surface area contributed by atoms with Crippen LogP contribution in [0.1, 0.15) is 33.8 Å². The van der Waals surface area contributed by atoms with E-state index in [4.69, 9.17) is 4.74 Å². The van der Waals surface area contributed by atoms with Crippen LogP contribution in [0.4, 0.5) is 4.39 Å². The molecule has 3 aromatic rings. The second kappa shape index (κ2) is 11.0. The molecular weight excluding hydrogens is 431 g/mol. The van der Waals surface area contributed by atoms with Crippen LogP contribution >= 0.6 is 0 Å². The first-order chi connectivity index (χ1) is 16.5. The highest BCUT2D eigenvalue weighted by molar-refractivity contribution is 5.94. The van der Waals surface area contributed by atoms with E-state index in [9.17, 15) is 14.0 Å². The molecule has 2 atom stereocenters. The van der Waals surface area contributed by atoms with Gasteiger partial charge in [0.25, 0.3) is 5.91 Å². The van der Waals surface area contributed by atoms with E-state index in [0.717, 1.165) is 16.9 Å². The fraction of sp³-hybridized carbons (Fsp3) is 0.286. The van der Waals surface area contributed by atoms with Crippen molar-refractivity contribution in [1.82, 2.24) is 10.2 Å². The van der Waals surface area contributed by atoms with Crippen molar-refractivity contribution in [1.29, 1.82) is 0 Å². The minimum Gasteiger partial charge on any atom is -0.497 e. The molecule has 0 aliphatic carbocycles. The van der Waals surface area contributed by atoms with Crippen molar-refractivity contribution in [2.24, 2.45) is 5.92 Å². The van der Waals surface area contributed by atoms with Gasteiger partial charge in [-0.05, 0) is 54.3 Å². The quantitative estimate of drug-likeness (QED) is 0.567. The van der Waals surface area contributed by atoms with Crippen LogP contribution in [0.5, 0.6) is 5.75 Å². The third-order valence-electron chi connectivity index (χ3n) is 6.32. The normalized spacial score (nSPS) is 17.8. The van der Waals surface area contributed by atoms with E-state index in [1.165, 1.54) is 18.2 Å². The lowest BCUT2D eigenvalue weighted by molar-refractivity contribution is -0.126. The van der Waals surface area contributed by atoms with Gasteiger partial charge in [-0.1, -0.05) is 48.5 Å². The second-order valence-corrected chi connectivity index (χ2v) is 8.65. The lowest BCUT2D eigenvalue weighted by atomic mass is 9.83. The monoisotopic (exact) mass is 460 g/mol. The van der Waals surface area contributed by atoms with E-state index >= 15 is 0 Å². The number of carbonyl (C=O) groups excluding carboxylic acids is 2. The van der Waals surface area contributed by atoms with Crippen molar-refractivity contribution in [2.45, 2.75) is 18.8 Å². The summed E-state index contributed by atoms with van der Waals surface area (Å²) in [5.41, 5.74) is 2.50. The number of nitrogens with zero attached hydrogens (tertiary/aromatic N) is 1. The summed E-state index contributed by atoms with van der Waals surface area (Å²) < 4.78 is 18.9. The largest absolute Gasteiger partial charge is 0.497 e. The number of hydrogen-bond acceptors (Lipinski definition) is 3. The van der Waals surface area contributed by atoms with Crippen molar-refractivity contribution in [3.8, 4) is 5.75 Å². The number of rotatable bonds is 7. The van der Waals surface area contributed by atoms with Gasteiger partial charge in [0.2, 0.25) is 5.91 Å². The number of methoxy groups -OCH3 is 1. The van der Waals surface area contributed by atoms with Crippen LogP contribution in [-0.4, -0.2) is 43.5 Å². The first-order valence-electron chi connectivity index (χ1n) is 11.5. The van der Waals surface area contributed by atoms with Crippen LogP contribution < -0.4 is 10.1 Å². The highest BCUT2D eigenvalue weighted by Crippen LogP contribution is 2.31. The van der Waals surface area contributed by atoms with Gasteiger partial charge in [0.05, 0.1) is 13.0 Å². The predicted molar refractivity (Wildman–Crippen MR) is 129 cm³/mol. The van der Waals surface area contributed by atoms with E-state index in [1.54, 1.807) is 18.1 Å². The minimum absolute atomic E-state index is 0.0322. The second-order valence-electron chi connectivity index (χ2n) is 8.65. The van der Waals surface area contributed by atoms with Crippen LogP contribution in [-0.2, 0) is 11.2 Å². The van der Waals surface area contributed by atoms with Gasteiger partial charge in [-0.25, -0.2) is 4.39 Å². The molecule has 0 spiro atoms. The molecule has 1 aliphatic heterocycles. The molecule has 3 aromatic carbocycles. The fourth-order valence-electron chi connectivity index (χ4n) is 4.49. The van der Waals surface area contributed by atoms with Crippen LogP contribution in [0, 0.1) is 11.7 Å². The molecule has 5 nitrogen and oxygen atoms in total. The van der Waals surface area contributed by atoms with Crippen molar-refractivity contribution in [2.75, 3.05) is 26.7 Å². The minimum atomic E-state index is -0.449. The number of hydrogen-bond donors (Lipinski definition) is 1. The van der Waals surface area contributed by atoms with Crippen molar-refractivity contribution in [3.63, 3.8) is 0 Å². The van der Waals surface area contributed by atoms with Gasteiger partial charge in [0, 0.05) is 31.1 Å². The number of amides is 2. The molecule has 0 radical (unpaired) electrons. The zero-order valence-electron chi connectivity index (χ0n) is 19.2. The molecule has 176 valence electrons. The molecular formula is C28H29FN2O3. The molecule has 0 unspecified atom stereocenters. The molecule has 34 heavy (non-hydrogen) atoms. The maximum atomic E-state index is 13.7. The van der Waals surface area contributed by atoms with Gasteiger partial charge in [0.15, 0.2) is 0 Å². The van der Waals surface area contributed by atoms with E-state index < -0.39 is 5.82 Å². The molecule has 1 aliphatic rings. The SMILES string of the molecule is COc1ccc(CCNC(=O)[C@H]2C[C@@H](c3ccccc3)CN(C(=O)c3cccc(F)c3)C2)cc1. The van der Waals surface area contributed by atoms with Crippen LogP contribution in [0.15, 0.2) is 78.9 Å². The smallest absolute Gasteiger partial charge is 0.253 e. The Hall–Kier alpha value is -3.67. The molecule has 1 heterocycles. The summed E-state index contributed by atoms with van der Waals surface area (Å²) in [6.07, 6.45) is 1.36. The van der Waals surface area contributed by atoms with Gasteiger partial charge in [0.1, 0.15) is 11.6 Å². The number of nitrogens with one attached hydrogen (secondary N) is 1. The Balaban J connectivity index is 1.44.